The molecular formula is C38H34O. The van der Waals surface area contributed by atoms with Gasteiger partial charge in [0, 0.05) is 0 Å². The molecule has 0 radical (unpaired) electrons. The summed E-state index contributed by atoms with van der Waals surface area (Å²) in [4.78, 5) is 0. The van der Waals surface area contributed by atoms with Gasteiger partial charge in [-0.3, -0.25) is 0 Å². The van der Waals surface area contributed by atoms with Crippen LogP contribution in [0.15, 0.2) is 121 Å². The molecule has 1 heteroatoms. The number of hydrogen-bond acceptors (Lipinski definition) is 1. The Bertz CT molecular complexity index is 1620. The predicted molar refractivity (Wildman–Crippen MR) is 167 cm³/mol. The Balaban J connectivity index is 1.38. The second-order valence-corrected chi connectivity index (χ2v) is 10.3. The van der Waals surface area contributed by atoms with Gasteiger partial charge in [-0.2, -0.15) is 0 Å². The van der Waals surface area contributed by atoms with Gasteiger partial charge in [-0.25, -0.2) is 0 Å². The van der Waals surface area contributed by atoms with Gasteiger partial charge in [0.25, 0.3) is 0 Å². The quantitative estimate of drug-likeness (QED) is 0.199. The molecule has 0 aromatic heterocycles. The Hall–Kier alpha value is -4.36. The summed E-state index contributed by atoms with van der Waals surface area (Å²) in [5, 5.41) is 5.10. The number of rotatable bonds is 8. The standard InChI is InChI=1S/C38H34O/c1-3-11-31-25-29(35-19-9-15-27-13-5-7-17-33(27)35)21-23-37(31)39-38-24-22-30(26-32(38)12-4-2)36-20-10-16-28-14-6-8-18-34(28)36/h5-10,13-26H,3-4,11-12H2,1-2H3. The van der Waals surface area contributed by atoms with Crippen LogP contribution in [0.4, 0.5) is 0 Å². The van der Waals surface area contributed by atoms with Crippen molar-refractivity contribution in [3.05, 3.63) is 132 Å². The summed E-state index contributed by atoms with van der Waals surface area (Å²) < 4.78 is 6.70. The van der Waals surface area contributed by atoms with Crippen LogP contribution >= 0.6 is 0 Å². The molecular weight excluding hydrogens is 472 g/mol. The van der Waals surface area contributed by atoms with Gasteiger partial charge in [-0.05, 0) is 92.0 Å². The second kappa shape index (κ2) is 11.2. The van der Waals surface area contributed by atoms with Crippen LogP contribution in [0.3, 0.4) is 0 Å². The number of ether oxygens (including phenoxy) is 1. The fraction of sp³-hybridized carbons (Fsp3) is 0.158. The zero-order valence-electron chi connectivity index (χ0n) is 22.8. The summed E-state index contributed by atoms with van der Waals surface area (Å²) in [5.41, 5.74) is 7.52. The Morgan fingerprint density at radius 3 is 1.36 bits per heavy atom. The zero-order chi connectivity index (χ0) is 26.6. The van der Waals surface area contributed by atoms with Crippen LogP contribution in [0.5, 0.6) is 11.5 Å². The smallest absolute Gasteiger partial charge is 0.130 e. The van der Waals surface area contributed by atoms with Crippen LogP contribution in [-0.2, 0) is 12.8 Å². The first-order valence-electron chi connectivity index (χ1n) is 14.1. The average Bonchev–Trinajstić information content (AvgIpc) is 2.98. The molecule has 0 aliphatic heterocycles. The van der Waals surface area contributed by atoms with Crippen molar-refractivity contribution >= 4 is 21.5 Å². The maximum atomic E-state index is 6.70. The van der Waals surface area contributed by atoms with Crippen molar-refractivity contribution in [2.24, 2.45) is 0 Å². The van der Waals surface area contributed by atoms with E-state index in [1.165, 1.54) is 54.9 Å². The first-order chi connectivity index (χ1) is 19.2. The van der Waals surface area contributed by atoms with E-state index in [0.29, 0.717) is 0 Å². The number of hydrogen-bond donors (Lipinski definition) is 0. The van der Waals surface area contributed by atoms with E-state index in [1.54, 1.807) is 0 Å². The van der Waals surface area contributed by atoms with Crippen LogP contribution in [0, 0.1) is 0 Å². The first kappa shape index (κ1) is 24.9. The van der Waals surface area contributed by atoms with Crippen molar-refractivity contribution in [1.29, 1.82) is 0 Å². The van der Waals surface area contributed by atoms with E-state index in [9.17, 15) is 0 Å². The molecule has 0 N–H and O–H groups in total. The fourth-order valence-corrected chi connectivity index (χ4v) is 5.70. The van der Waals surface area contributed by atoms with Crippen LogP contribution in [0.2, 0.25) is 0 Å². The van der Waals surface area contributed by atoms with E-state index in [1.807, 2.05) is 0 Å². The van der Waals surface area contributed by atoms with E-state index in [4.69, 9.17) is 4.74 Å². The molecule has 0 aliphatic rings. The molecule has 0 bridgehead atoms. The van der Waals surface area contributed by atoms with Crippen molar-refractivity contribution < 1.29 is 4.74 Å². The molecule has 0 saturated carbocycles. The summed E-state index contributed by atoms with van der Waals surface area (Å²) >= 11 is 0. The average molecular weight is 507 g/mol. The minimum atomic E-state index is 0.955. The molecule has 0 fully saturated rings. The van der Waals surface area contributed by atoms with Crippen molar-refractivity contribution in [2.75, 3.05) is 0 Å². The highest BCUT2D eigenvalue weighted by Gasteiger charge is 2.13. The van der Waals surface area contributed by atoms with Crippen molar-refractivity contribution in [1.82, 2.24) is 0 Å². The molecule has 6 aromatic carbocycles. The maximum Gasteiger partial charge on any atom is 0.130 e. The SMILES string of the molecule is CCCc1cc(-c2cccc3ccccc23)ccc1Oc1ccc(-c2cccc3ccccc23)cc1CCC. The van der Waals surface area contributed by atoms with Crippen molar-refractivity contribution in [3.63, 3.8) is 0 Å². The summed E-state index contributed by atoms with van der Waals surface area (Å²) in [6.07, 6.45) is 4.09. The van der Waals surface area contributed by atoms with Gasteiger partial charge >= 0.3 is 0 Å². The first-order valence-corrected chi connectivity index (χ1v) is 14.1. The van der Waals surface area contributed by atoms with Gasteiger partial charge in [0.2, 0.25) is 0 Å². The van der Waals surface area contributed by atoms with Crippen LogP contribution in [-0.4, -0.2) is 0 Å². The lowest BCUT2D eigenvalue weighted by molar-refractivity contribution is 0.469. The van der Waals surface area contributed by atoms with E-state index in [2.05, 4.69) is 135 Å². The second-order valence-electron chi connectivity index (χ2n) is 10.3. The van der Waals surface area contributed by atoms with Gasteiger partial charge in [-0.1, -0.05) is 124 Å². The molecule has 0 unspecified atom stereocenters. The third-order valence-electron chi connectivity index (χ3n) is 7.58. The highest BCUT2D eigenvalue weighted by atomic mass is 16.5. The Labute approximate surface area is 231 Å². The maximum absolute atomic E-state index is 6.70. The fourth-order valence-electron chi connectivity index (χ4n) is 5.70. The lowest BCUT2D eigenvalue weighted by atomic mass is 9.95. The molecule has 0 heterocycles. The molecule has 6 aromatic rings. The minimum Gasteiger partial charge on any atom is -0.457 e. The molecule has 0 spiro atoms. The van der Waals surface area contributed by atoms with E-state index < -0.39 is 0 Å². The predicted octanol–water partition coefficient (Wildman–Crippen LogP) is 11.0. The third-order valence-corrected chi connectivity index (χ3v) is 7.58. The van der Waals surface area contributed by atoms with Crippen LogP contribution in [0.1, 0.15) is 37.8 Å². The minimum absolute atomic E-state index is 0.955. The largest absolute Gasteiger partial charge is 0.457 e. The number of benzene rings is 6. The number of fused-ring (bicyclic) bond motifs is 2. The molecule has 0 aliphatic carbocycles. The van der Waals surface area contributed by atoms with Crippen LogP contribution < -0.4 is 4.74 Å². The molecule has 0 amide bonds. The van der Waals surface area contributed by atoms with Gasteiger partial charge in [0.05, 0.1) is 0 Å². The van der Waals surface area contributed by atoms with E-state index in [-0.39, 0.29) is 0 Å². The topological polar surface area (TPSA) is 9.23 Å². The molecule has 6 rings (SSSR count). The third kappa shape index (κ3) is 5.05. The molecule has 0 saturated heterocycles. The van der Waals surface area contributed by atoms with E-state index >= 15 is 0 Å². The van der Waals surface area contributed by atoms with Crippen LogP contribution in [0.25, 0.3) is 43.8 Å². The van der Waals surface area contributed by atoms with Gasteiger partial charge < -0.3 is 4.74 Å². The lowest BCUT2D eigenvalue weighted by Crippen LogP contribution is -1.97. The summed E-state index contributed by atoms with van der Waals surface area (Å²) in [5.74, 6) is 1.91. The van der Waals surface area contributed by atoms with Gasteiger partial charge in [0.15, 0.2) is 0 Å². The number of aryl methyl sites for hydroxylation is 2. The van der Waals surface area contributed by atoms with Crippen molar-refractivity contribution in [2.45, 2.75) is 39.5 Å². The highest BCUT2D eigenvalue weighted by Crippen LogP contribution is 2.37. The molecule has 192 valence electrons. The van der Waals surface area contributed by atoms with Gasteiger partial charge in [-0.15, -0.1) is 0 Å². The zero-order valence-corrected chi connectivity index (χ0v) is 22.8. The highest BCUT2D eigenvalue weighted by molar-refractivity contribution is 5.97. The Morgan fingerprint density at radius 1 is 0.462 bits per heavy atom. The monoisotopic (exact) mass is 506 g/mol. The van der Waals surface area contributed by atoms with Gasteiger partial charge in [0.1, 0.15) is 11.5 Å². The normalized spacial score (nSPS) is 11.2. The molecule has 0 atom stereocenters. The summed E-state index contributed by atoms with van der Waals surface area (Å²) in [7, 11) is 0. The molecule has 39 heavy (non-hydrogen) atoms. The lowest BCUT2D eigenvalue weighted by Gasteiger charge is -2.17. The van der Waals surface area contributed by atoms with E-state index in [0.717, 1.165) is 37.2 Å². The van der Waals surface area contributed by atoms with Crippen molar-refractivity contribution in [3.8, 4) is 33.8 Å². The molecule has 1 nitrogen and oxygen atoms in total. The summed E-state index contributed by atoms with van der Waals surface area (Å²) in [6.45, 7) is 4.46. The Morgan fingerprint density at radius 2 is 0.897 bits per heavy atom. The Kier molecular flexibility index (Phi) is 7.15. The summed E-state index contributed by atoms with van der Waals surface area (Å²) in [6, 6.07) is 43.7.